The van der Waals surface area contributed by atoms with Crippen molar-refractivity contribution in [1.29, 1.82) is 0 Å². The van der Waals surface area contributed by atoms with E-state index in [-0.39, 0.29) is 50.5 Å². The van der Waals surface area contributed by atoms with Gasteiger partial charge in [0.2, 0.25) is 23.6 Å². The number of rotatable bonds is 21. The van der Waals surface area contributed by atoms with Crippen LogP contribution in [-0.4, -0.2) is 57.6 Å². The lowest BCUT2D eigenvalue weighted by Gasteiger charge is -2.29. The van der Waals surface area contributed by atoms with E-state index in [1.807, 2.05) is 12.2 Å². The molecule has 5 amide bonds. The van der Waals surface area contributed by atoms with E-state index in [4.69, 9.17) is 0 Å². The number of anilines is 1. The van der Waals surface area contributed by atoms with E-state index < -0.39 is 35.8 Å². The van der Waals surface area contributed by atoms with Crippen molar-refractivity contribution >= 4 is 41.2 Å². The molecule has 0 radical (unpaired) electrons. The van der Waals surface area contributed by atoms with E-state index in [0.717, 1.165) is 38.5 Å². The first kappa shape index (κ1) is 40.1. The van der Waals surface area contributed by atoms with Gasteiger partial charge in [0.15, 0.2) is 0 Å². The molecule has 0 aliphatic carbocycles. The largest absolute Gasteiger partial charge is 0.480 e. The van der Waals surface area contributed by atoms with Gasteiger partial charge in [-0.1, -0.05) is 85.9 Å². The van der Waals surface area contributed by atoms with Crippen LogP contribution in [0.25, 0.3) is 0 Å². The molecule has 0 saturated carbocycles. The molecule has 272 valence electrons. The van der Waals surface area contributed by atoms with Gasteiger partial charge in [-0.15, -0.1) is 0 Å². The summed E-state index contributed by atoms with van der Waals surface area (Å²) in [6, 6.07) is 2.82. The number of allylic oxidation sites excluding steroid dienone is 12. The Hall–Kier alpha value is -5.32. The van der Waals surface area contributed by atoms with E-state index in [1.54, 1.807) is 18.2 Å². The number of carboxylic acid groups (broad SMARTS) is 1. The van der Waals surface area contributed by atoms with Crippen molar-refractivity contribution in [2.45, 2.75) is 103 Å². The molecule has 0 bridgehead atoms. The second-order valence-corrected chi connectivity index (χ2v) is 12.2. The molecule has 3 rings (SSSR count). The zero-order valence-corrected chi connectivity index (χ0v) is 29.4. The molecule has 51 heavy (non-hydrogen) atoms. The molecule has 1 unspecified atom stereocenters. The van der Waals surface area contributed by atoms with E-state index in [2.05, 4.69) is 83.6 Å². The number of benzene rings is 1. The number of nitrogens with one attached hydrogen (secondary N) is 3. The Kier molecular flexibility index (Phi) is 17.6. The van der Waals surface area contributed by atoms with Gasteiger partial charge >= 0.3 is 5.97 Å². The quantitative estimate of drug-likeness (QED) is 0.0876. The molecule has 11 heteroatoms. The van der Waals surface area contributed by atoms with E-state index in [9.17, 15) is 33.9 Å². The van der Waals surface area contributed by atoms with Crippen LogP contribution >= 0.6 is 0 Å². The van der Waals surface area contributed by atoms with Gasteiger partial charge in [-0.2, -0.15) is 0 Å². The molecule has 2 aliphatic heterocycles. The van der Waals surface area contributed by atoms with Gasteiger partial charge in [0, 0.05) is 42.6 Å². The van der Waals surface area contributed by atoms with Crippen molar-refractivity contribution in [3.05, 3.63) is 102 Å². The van der Waals surface area contributed by atoms with E-state index in [1.165, 1.54) is 4.90 Å². The highest BCUT2D eigenvalue weighted by atomic mass is 16.4. The van der Waals surface area contributed by atoms with Crippen molar-refractivity contribution < 1.29 is 33.9 Å². The number of hydrogen-bond acceptors (Lipinski definition) is 6. The standard InChI is InChI=1S/C40H50N4O7/c1-2-3-4-5-6-7-8-9-10-11-12-13-14-15-16-17-18-19-20-24-35(45)42-33(40(50)51)25-27-36(46)41-32-23-21-22-30-31(32)29-44(39(30)49)34-26-28-37(47)43-38(34)48/h3-4,6-7,9-10,12-13,15-16,18-19,21-23,33-34H,2,5,8,11,14,17,20,24-29H2,1H3,(H,41,46)(H,42,45)(H,50,51)(H,43,47,48)/t33-,34?/m0/s1. The third-order valence-corrected chi connectivity index (χ3v) is 8.28. The van der Waals surface area contributed by atoms with Gasteiger partial charge in [0.05, 0.1) is 0 Å². The molecule has 2 aliphatic rings. The lowest BCUT2D eigenvalue weighted by atomic mass is 10.0. The number of amides is 5. The van der Waals surface area contributed by atoms with Crippen LogP contribution in [0, 0.1) is 0 Å². The molecule has 11 nitrogen and oxygen atoms in total. The predicted octanol–water partition coefficient (Wildman–Crippen LogP) is 6.21. The maximum absolute atomic E-state index is 13.0. The fraction of sp³-hybridized carbons (Fsp3) is 0.400. The van der Waals surface area contributed by atoms with Crippen molar-refractivity contribution in [2.75, 3.05) is 5.32 Å². The fourth-order valence-corrected chi connectivity index (χ4v) is 5.57. The Morgan fingerprint density at radius 3 is 2.00 bits per heavy atom. The van der Waals surface area contributed by atoms with Gasteiger partial charge in [0.1, 0.15) is 12.1 Å². The highest BCUT2D eigenvalue weighted by molar-refractivity contribution is 6.06. The Morgan fingerprint density at radius 2 is 1.43 bits per heavy atom. The van der Waals surface area contributed by atoms with Crippen molar-refractivity contribution in [1.82, 2.24) is 15.5 Å². The summed E-state index contributed by atoms with van der Waals surface area (Å²) in [5.41, 5.74) is 1.27. The fourth-order valence-electron chi connectivity index (χ4n) is 5.57. The lowest BCUT2D eigenvalue weighted by molar-refractivity contribution is -0.142. The van der Waals surface area contributed by atoms with Crippen LogP contribution in [0.4, 0.5) is 5.69 Å². The Morgan fingerprint density at radius 1 is 0.843 bits per heavy atom. The summed E-state index contributed by atoms with van der Waals surface area (Å²) in [5.74, 6) is -3.42. The molecular weight excluding hydrogens is 648 g/mol. The topological polar surface area (TPSA) is 162 Å². The van der Waals surface area contributed by atoms with Gasteiger partial charge in [0.25, 0.3) is 5.91 Å². The van der Waals surface area contributed by atoms with Gasteiger partial charge in [-0.05, 0) is 69.9 Å². The van der Waals surface area contributed by atoms with E-state index >= 15 is 0 Å². The van der Waals surface area contributed by atoms with Gasteiger partial charge < -0.3 is 20.6 Å². The molecule has 2 atom stereocenters. The second kappa shape index (κ2) is 22.4. The van der Waals surface area contributed by atoms with Crippen molar-refractivity contribution in [3.8, 4) is 0 Å². The average Bonchev–Trinajstić information content (AvgIpc) is 3.44. The predicted molar refractivity (Wildman–Crippen MR) is 197 cm³/mol. The van der Waals surface area contributed by atoms with Gasteiger partial charge in [-0.3, -0.25) is 29.3 Å². The minimum absolute atomic E-state index is 0.0848. The number of imide groups is 1. The molecule has 0 spiro atoms. The molecule has 2 heterocycles. The van der Waals surface area contributed by atoms with Crippen molar-refractivity contribution in [2.24, 2.45) is 0 Å². The summed E-state index contributed by atoms with van der Waals surface area (Å²) in [6.45, 7) is 2.21. The summed E-state index contributed by atoms with van der Waals surface area (Å²) in [7, 11) is 0. The number of piperidine rings is 1. The van der Waals surface area contributed by atoms with E-state index in [0.29, 0.717) is 23.2 Å². The minimum atomic E-state index is -1.24. The Balaban J connectivity index is 1.32. The summed E-state index contributed by atoms with van der Waals surface area (Å²) in [6.07, 6.45) is 31.3. The average molecular weight is 699 g/mol. The Bertz CT molecular complexity index is 1570. The van der Waals surface area contributed by atoms with Crippen LogP contribution in [-0.2, 0) is 30.5 Å². The highest BCUT2D eigenvalue weighted by Crippen LogP contribution is 2.32. The third-order valence-electron chi connectivity index (χ3n) is 8.28. The van der Waals surface area contributed by atoms with Gasteiger partial charge in [-0.25, -0.2) is 4.79 Å². The first-order chi connectivity index (χ1) is 24.7. The number of fused-ring (bicyclic) bond motifs is 1. The number of aliphatic carboxylic acids is 1. The van der Waals surface area contributed by atoms with Crippen molar-refractivity contribution in [3.63, 3.8) is 0 Å². The molecule has 1 aromatic rings. The first-order valence-corrected chi connectivity index (χ1v) is 17.7. The monoisotopic (exact) mass is 698 g/mol. The zero-order valence-electron chi connectivity index (χ0n) is 29.4. The van der Waals surface area contributed by atoms with Crippen LogP contribution in [0.3, 0.4) is 0 Å². The Labute approximate surface area is 300 Å². The van der Waals surface area contributed by atoms with Crippen LogP contribution in [0.5, 0.6) is 0 Å². The number of carboxylic acids is 1. The van der Waals surface area contributed by atoms with Crippen LogP contribution in [0.1, 0.15) is 99.9 Å². The maximum atomic E-state index is 13.0. The zero-order chi connectivity index (χ0) is 36.8. The lowest BCUT2D eigenvalue weighted by Crippen LogP contribution is -2.52. The number of carbonyl (C=O) groups is 6. The molecule has 0 aromatic heterocycles. The maximum Gasteiger partial charge on any atom is 0.326 e. The second-order valence-electron chi connectivity index (χ2n) is 12.2. The molecular formula is C40H50N4O7. The molecule has 1 saturated heterocycles. The summed E-state index contributed by atoms with van der Waals surface area (Å²) >= 11 is 0. The summed E-state index contributed by atoms with van der Waals surface area (Å²) < 4.78 is 0. The number of hydrogen-bond donors (Lipinski definition) is 4. The minimum Gasteiger partial charge on any atom is -0.480 e. The summed E-state index contributed by atoms with van der Waals surface area (Å²) in [4.78, 5) is 75.3. The SMILES string of the molecule is CCC=CCC=CCC=CCC=CCC=CCC=CCCC(=O)N[C@@H](CCC(=O)Nc1cccc2c1CN(C1CCC(=O)NC1=O)C2=O)C(=O)O. The van der Waals surface area contributed by atoms with Crippen LogP contribution in [0.15, 0.2) is 91.1 Å². The first-order valence-electron chi connectivity index (χ1n) is 17.7. The molecule has 4 N–H and O–H groups in total. The van der Waals surface area contributed by atoms with Crippen LogP contribution in [0.2, 0.25) is 0 Å². The number of carbonyl (C=O) groups excluding carboxylic acids is 5. The molecule has 1 aromatic carbocycles. The third kappa shape index (κ3) is 14.2. The van der Waals surface area contributed by atoms with Crippen LogP contribution < -0.4 is 16.0 Å². The summed E-state index contributed by atoms with van der Waals surface area (Å²) in [5, 5.41) is 17.1. The normalized spacial score (nSPS) is 17.1. The highest BCUT2D eigenvalue weighted by Gasteiger charge is 2.40. The molecule has 1 fully saturated rings. The number of nitrogens with zero attached hydrogens (tertiary/aromatic N) is 1. The smallest absolute Gasteiger partial charge is 0.326 e.